The van der Waals surface area contributed by atoms with Crippen LogP contribution in [0.4, 0.5) is 5.82 Å². The van der Waals surface area contributed by atoms with Crippen molar-refractivity contribution in [3.63, 3.8) is 0 Å². The highest BCUT2D eigenvalue weighted by molar-refractivity contribution is 7.26. The van der Waals surface area contributed by atoms with Crippen LogP contribution in [-0.4, -0.2) is 41.3 Å². The van der Waals surface area contributed by atoms with Crippen molar-refractivity contribution in [2.24, 2.45) is 5.92 Å². The van der Waals surface area contributed by atoms with E-state index in [9.17, 15) is 0 Å². The van der Waals surface area contributed by atoms with Gasteiger partial charge in [-0.3, -0.25) is 0 Å². The van der Waals surface area contributed by atoms with Gasteiger partial charge in [0.15, 0.2) is 0 Å². The molecule has 136 valence electrons. The van der Waals surface area contributed by atoms with Crippen molar-refractivity contribution >= 4 is 37.6 Å². The van der Waals surface area contributed by atoms with Gasteiger partial charge in [0, 0.05) is 24.2 Å². The van der Waals surface area contributed by atoms with Crippen molar-refractivity contribution in [1.29, 1.82) is 0 Å². The van der Waals surface area contributed by atoms with E-state index in [0.29, 0.717) is 5.92 Å². The molecule has 1 aliphatic carbocycles. The van der Waals surface area contributed by atoms with Gasteiger partial charge in [-0.15, -0.1) is 11.3 Å². The van der Waals surface area contributed by atoms with E-state index < -0.39 is 0 Å². The first-order valence-electron chi connectivity index (χ1n) is 9.63. The molecule has 1 saturated heterocycles. The number of aryl methyl sites for hydroxylation is 1. The number of morpholine rings is 1. The molecule has 0 radical (unpaired) electrons. The van der Waals surface area contributed by atoms with Gasteiger partial charge < -0.3 is 9.64 Å². The summed E-state index contributed by atoms with van der Waals surface area (Å²) in [5, 5.41) is 1.29. The lowest BCUT2D eigenvalue weighted by atomic mass is 9.99. The third-order valence-corrected chi connectivity index (χ3v) is 6.52. The van der Waals surface area contributed by atoms with Gasteiger partial charge in [-0.1, -0.05) is 13.8 Å². The Morgan fingerprint density at radius 2 is 1.96 bits per heavy atom. The number of anilines is 1. The van der Waals surface area contributed by atoms with Crippen molar-refractivity contribution in [2.75, 3.05) is 31.2 Å². The third kappa shape index (κ3) is 2.58. The fraction of sp³-hybridized carbons (Fsp3) is 0.550. The minimum Gasteiger partial charge on any atom is -0.378 e. The number of hydrogen-bond acceptors (Lipinski definition) is 6. The molecule has 0 bridgehead atoms. The third-order valence-electron chi connectivity index (χ3n) is 5.45. The van der Waals surface area contributed by atoms with Gasteiger partial charge in [0.2, 0.25) is 0 Å². The maximum absolute atomic E-state index is 5.51. The van der Waals surface area contributed by atoms with Crippen molar-refractivity contribution < 1.29 is 4.74 Å². The van der Waals surface area contributed by atoms with Crippen LogP contribution in [0.25, 0.3) is 20.4 Å². The number of rotatable bonds is 3. The van der Waals surface area contributed by atoms with E-state index in [1.54, 1.807) is 17.7 Å². The molecule has 0 saturated carbocycles. The van der Waals surface area contributed by atoms with E-state index in [4.69, 9.17) is 14.7 Å². The zero-order valence-corrected chi connectivity index (χ0v) is 16.2. The van der Waals surface area contributed by atoms with E-state index in [1.807, 2.05) is 0 Å². The molecule has 1 aliphatic heterocycles. The molecule has 0 atom stereocenters. The van der Waals surface area contributed by atoms with E-state index >= 15 is 0 Å². The normalized spacial score (nSPS) is 17.6. The summed E-state index contributed by atoms with van der Waals surface area (Å²) in [6.07, 6.45) is 6.35. The highest BCUT2D eigenvalue weighted by atomic mass is 32.1. The Hall–Kier alpha value is -1.79. The minimum absolute atomic E-state index is 0.628. The van der Waals surface area contributed by atoms with Gasteiger partial charge in [-0.05, 0) is 42.7 Å². The van der Waals surface area contributed by atoms with Crippen LogP contribution in [0.3, 0.4) is 0 Å². The van der Waals surface area contributed by atoms with Crippen molar-refractivity contribution in [2.45, 2.75) is 39.5 Å². The fourth-order valence-electron chi connectivity index (χ4n) is 4.32. The van der Waals surface area contributed by atoms with Crippen LogP contribution in [0.1, 0.15) is 37.1 Å². The summed E-state index contributed by atoms with van der Waals surface area (Å²) in [4.78, 5) is 17.9. The smallest absolute Gasteiger partial charge is 0.150 e. The van der Waals surface area contributed by atoms with Crippen LogP contribution in [0.15, 0.2) is 6.33 Å². The number of hydrogen-bond donors (Lipinski definition) is 0. The van der Waals surface area contributed by atoms with Crippen LogP contribution in [0, 0.1) is 5.92 Å². The predicted molar refractivity (Wildman–Crippen MR) is 106 cm³/mol. The molecule has 0 amide bonds. The number of ether oxygens (including phenoxy) is 1. The first kappa shape index (κ1) is 16.4. The Kier molecular flexibility index (Phi) is 4.05. The summed E-state index contributed by atoms with van der Waals surface area (Å²) in [6.45, 7) is 7.88. The van der Waals surface area contributed by atoms with Gasteiger partial charge in [-0.25, -0.2) is 15.0 Å². The second kappa shape index (κ2) is 6.43. The Morgan fingerprint density at radius 3 is 2.77 bits per heavy atom. The molecule has 5 nitrogen and oxygen atoms in total. The van der Waals surface area contributed by atoms with Crippen LogP contribution in [0.5, 0.6) is 0 Å². The number of pyridine rings is 1. The molecule has 5 rings (SSSR count). The predicted octanol–water partition coefficient (Wildman–Crippen LogP) is 3.76. The average Bonchev–Trinajstić information content (AvgIpc) is 3.25. The topological polar surface area (TPSA) is 51.1 Å². The number of nitrogens with zero attached hydrogens (tertiary/aromatic N) is 4. The van der Waals surface area contributed by atoms with Gasteiger partial charge >= 0.3 is 0 Å². The quantitative estimate of drug-likeness (QED) is 0.704. The van der Waals surface area contributed by atoms with Crippen molar-refractivity contribution in [1.82, 2.24) is 15.0 Å². The first-order chi connectivity index (χ1) is 12.7. The zero-order chi connectivity index (χ0) is 17.7. The first-order valence-corrected chi connectivity index (χ1v) is 10.4. The van der Waals surface area contributed by atoms with Crippen LogP contribution >= 0.6 is 11.3 Å². The molecule has 0 unspecified atom stereocenters. The Balaban J connectivity index is 1.74. The molecular formula is C20H24N4OS. The summed E-state index contributed by atoms with van der Waals surface area (Å²) < 4.78 is 6.70. The van der Waals surface area contributed by atoms with E-state index in [2.05, 4.69) is 23.7 Å². The average molecular weight is 369 g/mol. The lowest BCUT2D eigenvalue weighted by Gasteiger charge is -2.27. The maximum Gasteiger partial charge on any atom is 0.150 e. The monoisotopic (exact) mass is 368 g/mol. The SMILES string of the molecule is CC(C)Cc1nc2sc3c(N4CCOCC4)ncnc3c2c2c1CCC2. The minimum atomic E-state index is 0.628. The lowest BCUT2D eigenvalue weighted by Crippen LogP contribution is -2.36. The van der Waals surface area contributed by atoms with Crippen molar-refractivity contribution in [3.8, 4) is 0 Å². The summed E-state index contributed by atoms with van der Waals surface area (Å²) >= 11 is 1.77. The van der Waals surface area contributed by atoms with E-state index in [0.717, 1.165) is 55.3 Å². The van der Waals surface area contributed by atoms with E-state index in [-0.39, 0.29) is 0 Å². The van der Waals surface area contributed by atoms with Gasteiger partial charge in [0.1, 0.15) is 17.0 Å². The second-order valence-corrected chi connectivity index (χ2v) is 8.72. The summed E-state index contributed by atoms with van der Waals surface area (Å²) in [5.41, 5.74) is 5.41. The second-order valence-electron chi connectivity index (χ2n) is 7.72. The summed E-state index contributed by atoms with van der Waals surface area (Å²) in [6, 6.07) is 0. The zero-order valence-electron chi connectivity index (χ0n) is 15.4. The Morgan fingerprint density at radius 1 is 1.15 bits per heavy atom. The molecule has 1 fully saturated rings. The molecule has 2 aliphatic rings. The highest BCUT2D eigenvalue weighted by Crippen LogP contribution is 2.42. The fourth-order valence-corrected chi connectivity index (χ4v) is 5.52. The summed E-state index contributed by atoms with van der Waals surface area (Å²) in [7, 11) is 0. The summed E-state index contributed by atoms with van der Waals surface area (Å²) in [5.74, 6) is 1.68. The molecule has 26 heavy (non-hydrogen) atoms. The molecule has 3 aromatic heterocycles. The van der Waals surface area contributed by atoms with Crippen molar-refractivity contribution in [3.05, 3.63) is 23.1 Å². The maximum atomic E-state index is 5.51. The van der Waals surface area contributed by atoms with Crippen LogP contribution in [0.2, 0.25) is 0 Å². The molecule has 0 N–H and O–H groups in total. The number of fused-ring (bicyclic) bond motifs is 5. The standard InChI is InChI=1S/C20H24N4OS/c1-12(2)10-15-13-4-3-5-14(13)16-17-18(26-20(16)23-15)19(22-11-21-17)24-6-8-25-9-7-24/h11-12H,3-10H2,1-2H3. The highest BCUT2D eigenvalue weighted by Gasteiger charge is 2.25. The molecule has 0 spiro atoms. The largest absolute Gasteiger partial charge is 0.378 e. The molecule has 0 aromatic carbocycles. The van der Waals surface area contributed by atoms with Crippen LogP contribution < -0.4 is 4.90 Å². The van der Waals surface area contributed by atoms with Gasteiger partial charge in [-0.2, -0.15) is 0 Å². The Bertz CT molecular complexity index is 975. The van der Waals surface area contributed by atoms with Crippen LogP contribution in [-0.2, 0) is 24.0 Å². The van der Waals surface area contributed by atoms with Gasteiger partial charge in [0.05, 0.1) is 23.4 Å². The Labute approximate surface area is 157 Å². The molecular weight excluding hydrogens is 344 g/mol. The lowest BCUT2D eigenvalue weighted by molar-refractivity contribution is 0.122. The van der Waals surface area contributed by atoms with E-state index in [1.165, 1.54) is 39.7 Å². The number of thiophene rings is 1. The number of aromatic nitrogens is 3. The molecule has 6 heteroatoms. The molecule has 3 aromatic rings. The molecule has 4 heterocycles. The van der Waals surface area contributed by atoms with Gasteiger partial charge in [0.25, 0.3) is 0 Å².